The molecule has 3 heteroatoms. The van der Waals surface area contributed by atoms with Gasteiger partial charge < -0.3 is 10.1 Å². The van der Waals surface area contributed by atoms with Crippen molar-refractivity contribution in [2.24, 2.45) is 0 Å². The van der Waals surface area contributed by atoms with E-state index < -0.39 is 0 Å². The highest BCUT2D eigenvalue weighted by Gasteiger charge is 2.05. The average molecular weight is 297 g/mol. The lowest BCUT2D eigenvalue weighted by Crippen LogP contribution is -2.12. The summed E-state index contributed by atoms with van der Waals surface area (Å²) in [6.07, 6.45) is 1.21. The van der Waals surface area contributed by atoms with Crippen molar-refractivity contribution in [1.29, 1.82) is 0 Å². The van der Waals surface area contributed by atoms with Crippen LogP contribution >= 0.6 is 0 Å². The number of anilines is 1. The SMILES string of the molecule is COc1cccc(NC(=O)CCc2ccc(C(C)C)cc2)c1. The van der Waals surface area contributed by atoms with E-state index in [9.17, 15) is 4.79 Å². The second kappa shape index (κ2) is 7.64. The molecule has 1 amide bonds. The summed E-state index contributed by atoms with van der Waals surface area (Å²) in [4.78, 5) is 12.0. The summed E-state index contributed by atoms with van der Waals surface area (Å²) >= 11 is 0. The smallest absolute Gasteiger partial charge is 0.224 e. The average Bonchev–Trinajstić information content (AvgIpc) is 2.53. The van der Waals surface area contributed by atoms with Crippen molar-refractivity contribution in [2.75, 3.05) is 12.4 Å². The Balaban J connectivity index is 1.87. The van der Waals surface area contributed by atoms with Crippen LogP contribution in [-0.2, 0) is 11.2 Å². The lowest BCUT2D eigenvalue weighted by molar-refractivity contribution is -0.116. The first-order chi connectivity index (χ1) is 10.6. The zero-order valence-corrected chi connectivity index (χ0v) is 13.4. The standard InChI is InChI=1S/C19H23NO2/c1-14(2)16-10-7-15(8-11-16)9-12-19(21)20-17-5-4-6-18(13-17)22-3/h4-8,10-11,13-14H,9,12H2,1-3H3,(H,20,21). The van der Waals surface area contributed by atoms with Crippen molar-refractivity contribution in [1.82, 2.24) is 0 Å². The van der Waals surface area contributed by atoms with Crippen LogP contribution in [-0.4, -0.2) is 13.0 Å². The zero-order chi connectivity index (χ0) is 15.9. The second-order valence-corrected chi connectivity index (χ2v) is 5.68. The molecule has 1 N–H and O–H groups in total. The van der Waals surface area contributed by atoms with Gasteiger partial charge in [-0.2, -0.15) is 0 Å². The Hall–Kier alpha value is -2.29. The van der Waals surface area contributed by atoms with Gasteiger partial charge in [-0.05, 0) is 35.6 Å². The third kappa shape index (κ3) is 4.62. The molecule has 0 fully saturated rings. The monoisotopic (exact) mass is 297 g/mol. The van der Waals surface area contributed by atoms with E-state index in [1.807, 2.05) is 24.3 Å². The molecule has 0 atom stereocenters. The van der Waals surface area contributed by atoms with Crippen molar-refractivity contribution < 1.29 is 9.53 Å². The fourth-order valence-electron chi connectivity index (χ4n) is 2.25. The lowest BCUT2D eigenvalue weighted by Gasteiger charge is -2.08. The molecule has 0 radical (unpaired) electrons. The molecule has 0 spiro atoms. The summed E-state index contributed by atoms with van der Waals surface area (Å²) in [5, 5.41) is 2.90. The first-order valence-electron chi connectivity index (χ1n) is 7.61. The van der Waals surface area contributed by atoms with Crippen molar-refractivity contribution in [3.05, 3.63) is 59.7 Å². The van der Waals surface area contributed by atoms with Crippen LogP contribution in [0.25, 0.3) is 0 Å². The minimum atomic E-state index is 0.0150. The van der Waals surface area contributed by atoms with Crippen LogP contribution in [0.3, 0.4) is 0 Å². The third-order valence-corrected chi connectivity index (χ3v) is 3.64. The third-order valence-electron chi connectivity index (χ3n) is 3.64. The number of amides is 1. The van der Waals surface area contributed by atoms with E-state index in [2.05, 4.69) is 43.4 Å². The van der Waals surface area contributed by atoms with Gasteiger partial charge in [0.05, 0.1) is 7.11 Å². The number of nitrogens with one attached hydrogen (secondary N) is 1. The van der Waals surface area contributed by atoms with Crippen LogP contribution in [0.4, 0.5) is 5.69 Å². The molecule has 3 nitrogen and oxygen atoms in total. The molecule has 0 saturated heterocycles. The fraction of sp³-hybridized carbons (Fsp3) is 0.316. The van der Waals surface area contributed by atoms with Gasteiger partial charge in [0.15, 0.2) is 0 Å². The highest BCUT2D eigenvalue weighted by Crippen LogP contribution is 2.18. The van der Waals surface area contributed by atoms with Crippen molar-refractivity contribution in [3.8, 4) is 5.75 Å². The highest BCUT2D eigenvalue weighted by atomic mass is 16.5. The summed E-state index contributed by atoms with van der Waals surface area (Å²) in [6.45, 7) is 4.35. The molecule has 2 aromatic rings. The Morgan fingerprint density at radius 2 is 1.86 bits per heavy atom. The zero-order valence-electron chi connectivity index (χ0n) is 13.4. The summed E-state index contributed by atoms with van der Waals surface area (Å²) in [6, 6.07) is 15.9. The molecular formula is C19H23NO2. The van der Waals surface area contributed by atoms with E-state index in [0.29, 0.717) is 12.3 Å². The number of hydrogen-bond donors (Lipinski definition) is 1. The summed E-state index contributed by atoms with van der Waals surface area (Å²) in [7, 11) is 1.61. The van der Waals surface area contributed by atoms with Crippen LogP contribution in [0.2, 0.25) is 0 Å². The Morgan fingerprint density at radius 1 is 1.14 bits per heavy atom. The minimum Gasteiger partial charge on any atom is -0.497 e. The van der Waals surface area contributed by atoms with Gasteiger partial charge in [0.1, 0.15) is 5.75 Å². The number of carbonyl (C=O) groups excluding carboxylic acids is 1. The van der Waals surface area contributed by atoms with E-state index in [4.69, 9.17) is 4.74 Å². The van der Waals surface area contributed by atoms with Crippen LogP contribution < -0.4 is 10.1 Å². The fourth-order valence-corrected chi connectivity index (χ4v) is 2.25. The van der Waals surface area contributed by atoms with Crippen LogP contribution in [0.1, 0.15) is 37.3 Å². The van der Waals surface area contributed by atoms with E-state index >= 15 is 0 Å². The maximum atomic E-state index is 12.0. The van der Waals surface area contributed by atoms with Gasteiger partial charge >= 0.3 is 0 Å². The van der Waals surface area contributed by atoms with Gasteiger partial charge in [-0.15, -0.1) is 0 Å². The molecule has 0 aliphatic rings. The van der Waals surface area contributed by atoms with Crippen molar-refractivity contribution >= 4 is 11.6 Å². The van der Waals surface area contributed by atoms with Gasteiger partial charge in [-0.25, -0.2) is 0 Å². The van der Waals surface area contributed by atoms with Crippen molar-refractivity contribution in [2.45, 2.75) is 32.6 Å². The number of ether oxygens (including phenoxy) is 1. The van der Waals surface area contributed by atoms with E-state index in [0.717, 1.165) is 17.9 Å². The van der Waals surface area contributed by atoms with E-state index in [-0.39, 0.29) is 5.91 Å². The number of carbonyl (C=O) groups is 1. The summed E-state index contributed by atoms with van der Waals surface area (Å²) < 4.78 is 5.14. The number of methoxy groups -OCH3 is 1. The lowest BCUT2D eigenvalue weighted by atomic mass is 10.0. The molecule has 0 aliphatic carbocycles. The molecule has 2 rings (SSSR count). The van der Waals surface area contributed by atoms with Gasteiger partial charge in [0.2, 0.25) is 5.91 Å². The number of rotatable bonds is 6. The molecule has 22 heavy (non-hydrogen) atoms. The predicted molar refractivity (Wildman–Crippen MR) is 90.5 cm³/mol. The van der Waals surface area contributed by atoms with E-state index in [1.54, 1.807) is 7.11 Å². The molecule has 0 aliphatic heterocycles. The minimum absolute atomic E-state index is 0.0150. The highest BCUT2D eigenvalue weighted by molar-refractivity contribution is 5.91. The quantitative estimate of drug-likeness (QED) is 0.858. The maximum Gasteiger partial charge on any atom is 0.224 e. The van der Waals surface area contributed by atoms with Gasteiger partial charge in [-0.3, -0.25) is 4.79 Å². The second-order valence-electron chi connectivity index (χ2n) is 5.68. The van der Waals surface area contributed by atoms with Gasteiger partial charge in [0, 0.05) is 18.2 Å². The largest absolute Gasteiger partial charge is 0.497 e. The van der Waals surface area contributed by atoms with Gasteiger partial charge in [-0.1, -0.05) is 44.2 Å². The molecular weight excluding hydrogens is 274 g/mol. The van der Waals surface area contributed by atoms with Crippen LogP contribution in [0.5, 0.6) is 5.75 Å². The molecule has 0 saturated carbocycles. The number of aryl methyl sites for hydroxylation is 1. The Morgan fingerprint density at radius 3 is 2.50 bits per heavy atom. The topological polar surface area (TPSA) is 38.3 Å². The summed E-state index contributed by atoms with van der Waals surface area (Å²) in [5.74, 6) is 1.29. The van der Waals surface area contributed by atoms with Gasteiger partial charge in [0.25, 0.3) is 0 Å². The summed E-state index contributed by atoms with van der Waals surface area (Å²) in [5.41, 5.74) is 3.27. The number of hydrogen-bond acceptors (Lipinski definition) is 2. The molecule has 116 valence electrons. The number of benzene rings is 2. The molecule has 0 heterocycles. The van der Waals surface area contributed by atoms with Crippen LogP contribution in [0.15, 0.2) is 48.5 Å². The van der Waals surface area contributed by atoms with E-state index in [1.165, 1.54) is 11.1 Å². The van der Waals surface area contributed by atoms with Crippen molar-refractivity contribution in [3.63, 3.8) is 0 Å². The first-order valence-corrected chi connectivity index (χ1v) is 7.61. The predicted octanol–water partition coefficient (Wildman–Crippen LogP) is 4.39. The van der Waals surface area contributed by atoms with Crippen LogP contribution in [0, 0.1) is 0 Å². The molecule has 0 unspecified atom stereocenters. The normalized spacial score (nSPS) is 10.5. The Bertz CT molecular complexity index is 618. The Labute approximate surface area is 132 Å². The molecule has 2 aromatic carbocycles. The Kier molecular flexibility index (Phi) is 5.59. The first kappa shape index (κ1) is 16.1. The molecule has 0 aromatic heterocycles. The maximum absolute atomic E-state index is 12.0. The molecule has 0 bridgehead atoms.